The van der Waals surface area contributed by atoms with E-state index in [1.54, 1.807) is 18.0 Å². The summed E-state index contributed by atoms with van der Waals surface area (Å²) in [7, 11) is 5.74. The second kappa shape index (κ2) is 5.32. The van der Waals surface area contributed by atoms with E-state index in [9.17, 15) is 4.79 Å². The van der Waals surface area contributed by atoms with Gasteiger partial charge in [-0.05, 0) is 36.1 Å². The lowest BCUT2D eigenvalue weighted by Crippen LogP contribution is -2.33. The highest BCUT2D eigenvalue weighted by molar-refractivity contribution is 9.10. The van der Waals surface area contributed by atoms with Crippen molar-refractivity contribution >= 4 is 21.8 Å². The molecule has 1 amide bonds. The fourth-order valence-corrected chi connectivity index (χ4v) is 1.51. The molecular weight excluding hydrogens is 260 g/mol. The van der Waals surface area contributed by atoms with Gasteiger partial charge in [-0.1, -0.05) is 0 Å². The molecule has 1 aromatic heterocycles. The van der Waals surface area contributed by atoms with E-state index < -0.39 is 0 Å². The van der Waals surface area contributed by atoms with Crippen LogP contribution in [0.3, 0.4) is 0 Å². The summed E-state index contributed by atoms with van der Waals surface area (Å²) in [5.41, 5.74) is 0.566. The van der Waals surface area contributed by atoms with Gasteiger partial charge in [-0.3, -0.25) is 4.79 Å². The lowest BCUT2D eigenvalue weighted by Gasteiger charge is -2.19. The van der Waals surface area contributed by atoms with Crippen LogP contribution >= 0.6 is 15.9 Å². The van der Waals surface area contributed by atoms with Crippen LogP contribution in [0.15, 0.2) is 21.4 Å². The number of hydrogen-bond acceptors (Lipinski definition) is 3. The number of rotatable bonds is 4. The summed E-state index contributed by atoms with van der Waals surface area (Å²) in [6.07, 6.45) is 1.50. The molecule has 0 aliphatic rings. The molecule has 0 spiro atoms. The van der Waals surface area contributed by atoms with E-state index >= 15 is 0 Å². The maximum absolute atomic E-state index is 11.9. The monoisotopic (exact) mass is 274 g/mol. The Bertz CT molecular complexity index is 336. The zero-order chi connectivity index (χ0) is 11.4. The molecule has 15 heavy (non-hydrogen) atoms. The minimum absolute atomic E-state index is 0.0301. The van der Waals surface area contributed by atoms with Gasteiger partial charge in [-0.25, -0.2) is 0 Å². The van der Waals surface area contributed by atoms with E-state index in [1.165, 1.54) is 6.26 Å². The maximum Gasteiger partial charge on any atom is 0.258 e. The molecule has 1 rings (SSSR count). The maximum atomic E-state index is 11.9. The Morgan fingerprint density at radius 2 is 2.07 bits per heavy atom. The molecule has 0 fully saturated rings. The average molecular weight is 275 g/mol. The number of halogens is 1. The highest BCUT2D eigenvalue weighted by atomic mass is 79.9. The summed E-state index contributed by atoms with van der Waals surface area (Å²) < 4.78 is 5.51. The van der Waals surface area contributed by atoms with Crippen molar-refractivity contribution in [3.05, 3.63) is 22.6 Å². The van der Waals surface area contributed by atoms with Crippen LogP contribution in [0.4, 0.5) is 0 Å². The zero-order valence-corrected chi connectivity index (χ0v) is 10.7. The van der Waals surface area contributed by atoms with Crippen molar-refractivity contribution in [2.45, 2.75) is 0 Å². The minimum atomic E-state index is -0.0301. The van der Waals surface area contributed by atoms with Crippen LogP contribution in [0.2, 0.25) is 0 Å². The summed E-state index contributed by atoms with van der Waals surface area (Å²) in [5.74, 6) is -0.0301. The number of likely N-dealkylation sites (N-methyl/N-ethyl adjacent to an activating group) is 2. The van der Waals surface area contributed by atoms with E-state index in [2.05, 4.69) is 15.9 Å². The van der Waals surface area contributed by atoms with Crippen molar-refractivity contribution in [3.63, 3.8) is 0 Å². The Balaban J connectivity index is 2.57. The third-order valence-electron chi connectivity index (χ3n) is 2.08. The lowest BCUT2D eigenvalue weighted by molar-refractivity contribution is 0.0784. The molecule has 0 bridgehead atoms. The second-order valence-electron chi connectivity index (χ2n) is 3.64. The first kappa shape index (κ1) is 12.3. The molecule has 5 heteroatoms. The van der Waals surface area contributed by atoms with E-state index in [0.717, 1.165) is 6.54 Å². The third kappa shape index (κ3) is 3.35. The first-order valence-corrected chi connectivity index (χ1v) is 5.45. The molecule has 4 nitrogen and oxygen atoms in total. The molecule has 1 aromatic rings. The van der Waals surface area contributed by atoms with Crippen molar-refractivity contribution < 1.29 is 9.21 Å². The fourth-order valence-electron chi connectivity index (χ4n) is 1.10. The molecule has 0 aliphatic carbocycles. The average Bonchev–Trinajstić information content (AvgIpc) is 2.59. The Hall–Kier alpha value is -0.810. The van der Waals surface area contributed by atoms with Crippen LogP contribution in [-0.4, -0.2) is 49.9 Å². The van der Waals surface area contributed by atoms with Gasteiger partial charge >= 0.3 is 0 Å². The van der Waals surface area contributed by atoms with Crippen LogP contribution in [-0.2, 0) is 0 Å². The molecule has 0 N–H and O–H groups in total. The zero-order valence-electron chi connectivity index (χ0n) is 9.16. The van der Waals surface area contributed by atoms with Crippen LogP contribution in [0.1, 0.15) is 10.4 Å². The van der Waals surface area contributed by atoms with Gasteiger partial charge in [0.1, 0.15) is 0 Å². The number of carbonyl (C=O) groups excluding carboxylic acids is 1. The molecule has 0 aliphatic heterocycles. The Kier molecular flexibility index (Phi) is 4.35. The Morgan fingerprint density at radius 1 is 1.40 bits per heavy atom. The second-order valence-corrected chi connectivity index (χ2v) is 4.36. The van der Waals surface area contributed by atoms with Crippen molar-refractivity contribution in [3.8, 4) is 0 Å². The molecule has 0 saturated heterocycles. The molecule has 0 unspecified atom stereocenters. The largest absolute Gasteiger partial charge is 0.457 e. The number of hydrogen-bond donors (Lipinski definition) is 0. The third-order valence-corrected chi connectivity index (χ3v) is 2.69. The van der Waals surface area contributed by atoms with Gasteiger partial charge in [-0.15, -0.1) is 0 Å². The van der Waals surface area contributed by atoms with Crippen molar-refractivity contribution in [2.24, 2.45) is 0 Å². The summed E-state index contributed by atoms with van der Waals surface area (Å²) in [6.45, 7) is 1.54. The van der Waals surface area contributed by atoms with Gasteiger partial charge in [0.15, 0.2) is 4.67 Å². The van der Waals surface area contributed by atoms with Crippen LogP contribution in [0, 0.1) is 0 Å². The van der Waals surface area contributed by atoms with Crippen LogP contribution in [0.25, 0.3) is 0 Å². The van der Waals surface area contributed by atoms with Crippen molar-refractivity contribution in [1.82, 2.24) is 9.80 Å². The Morgan fingerprint density at radius 3 is 2.53 bits per heavy atom. The first-order chi connectivity index (χ1) is 7.02. The standard InChI is InChI=1S/C10H15BrN2O2/c1-12(2)5-6-13(3)10(14)8-4-7-15-9(8)11/h4,7H,5-6H2,1-3H3. The number of furan rings is 1. The van der Waals surface area contributed by atoms with Gasteiger partial charge in [0.2, 0.25) is 0 Å². The first-order valence-electron chi connectivity index (χ1n) is 4.65. The normalized spacial score (nSPS) is 10.7. The summed E-state index contributed by atoms with van der Waals surface area (Å²) in [4.78, 5) is 15.6. The van der Waals surface area contributed by atoms with E-state index in [4.69, 9.17) is 4.42 Å². The van der Waals surface area contributed by atoms with Gasteiger partial charge < -0.3 is 14.2 Å². The predicted octanol–water partition coefficient (Wildman–Crippen LogP) is 1.68. The summed E-state index contributed by atoms with van der Waals surface area (Å²) in [6, 6.07) is 1.67. The molecule has 1 heterocycles. The molecule has 84 valence electrons. The quantitative estimate of drug-likeness (QED) is 0.838. The van der Waals surface area contributed by atoms with Gasteiger partial charge in [0, 0.05) is 20.1 Å². The molecule has 0 saturated carbocycles. The van der Waals surface area contributed by atoms with Crippen LogP contribution in [0.5, 0.6) is 0 Å². The highest BCUT2D eigenvalue weighted by Crippen LogP contribution is 2.18. The smallest absolute Gasteiger partial charge is 0.258 e. The molecule has 0 atom stereocenters. The van der Waals surface area contributed by atoms with Crippen molar-refractivity contribution in [2.75, 3.05) is 34.2 Å². The molecular formula is C10H15BrN2O2. The molecule has 0 radical (unpaired) electrons. The van der Waals surface area contributed by atoms with E-state index in [1.807, 2.05) is 19.0 Å². The SMILES string of the molecule is CN(C)CCN(C)C(=O)c1ccoc1Br. The van der Waals surface area contributed by atoms with E-state index in [-0.39, 0.29) is 5.91 Å². The van der Waals surface area contributed by atoms with Gasteiger partial charge in [0.05, 0.1) is 11.8 Å². The van der Waals surface area contributed by atoms with E-state index in [0.29, 0.717) is 16.8 Å². The summed E-state index contributed by atoms with van der Waals surface area (Å²) in [5, 5.41) is 0. The minimum Gasteiger partial charge on any atom is -0.457 e. The number of carbonyl (C=O) groups is 1. The Labute approximate surface area is 98.0 Å². The topological polar surface area (TPSA) is 36.7 Å². The van der Waals surface area contributed by atoms with Crippen LogP contribution < -0.4 is 0 Å². The van der Waals surface area contributed by atoms with Gasteiger partial charge in [0.25, 0.3) is 5.91 Å². The van der Waals surface area contributed by atoms with Gasteiger partial charge in [-0.2, -0.15) is 0 Å². The lowest BCUT2D eigenvalue weighted by atomic mass is 10.3. The van der Waals surface area contributed by atoms with Crippen molar-refractivity contribution in [1.29, 1.82) is 0 Å². The summed E-state index contributed by atoms with van der Waals surface area (Å²) >= 11 is 3.19. The molecule has 0 aromatic carbocycles. The highest BCUT2D eigenvalue weighted by Gasteiger charge is 2.16. The predicted molar refractivity (Wildman–Crippen MR) is 61.9 cm³/mol. The number of amides is 1. The number of nitrogens with zero attached hydrogens (tertiary/aromatic N) is 2. The fraction of sp³-hybridized carbons (Fsp3) is 0.500.